The first kappa shape index (κ1) is 24.1. The summed E-state index contributed by atoms with van der Waals surface area (Å²) in [5.74, 6) is -1.91. The Balaban J connectivity index is 1.31. The zero-order valence-electron chi connectivity index (χ0n) is 18.6. The van der Waals surface area contributed by atoms with Crippen molar-refractivity contribution in [2.24, 2.45) is 5.92 Å². The van der Waals surface area contributed by atoms with E-state index >= 15 is 0 Å². The highest BCUT2D eigenvalue weighted by Crippen LogP contribution is 2.25. The maximum atomic E-state index is 13.7. The first-order valence-electron chi connectivity index (χ1n) is 11.3. The highest BCUT2D eigenvalue weighted by atomic mass is 35.5. The van der Waals surface area contributed by atoms with E-state index in [0.29, 0.717) is 37.5 Å². The van der Waals surface area contributed by atoms with Crippen molar-refractivity contribution in [3.8, 4) is 5.75 Å². The van der Waals surface area contributed by atoms with Crippen LogP contribution in [0, 0.1) is 17.6 Å². The fraction of sp³-hybridized carbons (Fsp3) is 0.308. The first-order valence-corrected chi connectivity index (χ1v) is 11.6. The summed E-state index contributed by atoms with van der Waals surface area (Å²) in [6.45, 7) is 2.11. The van der Waals surface area contributed by atoms with E-state index in [0.717, 1.165) is 11.3 Å². The third kappa shape index (κ3) is 6.10. The Bertz CT molecular complexity index is 1070. The molecule has 2 aromatic carbocycles. The van der Waals surface area contributed by atoms with Gasteiger partial charge in [-0.2, -0.15) is 0 Å². The molecule has 1 atom stereocenters. The number of pyridine rings is 1. The maximum Gasteiger partial charge on any atom is 0.224 e. The molecule has 2 heterocycles. The lowest BCUT2D eigenvalue weighted by Crippen LogP contribution is -2.43. The van der Waals surface area contributed by atoms with Crippen molar-refractivity contribution in [3.63, 3.8) is 0 Å². The third-order valence-corrected chi connectivity index (χ3v) is 6.26. The van der Waals surface area contributed by atoms with Crippen LogP contribution < -0.4 is 10.1 Å². The zero-order valence-corrected chi connectivity index (χ0v) is 19.3. The van der Waals surface area contributed by atoms with Crippen LogP contribution >= 0.6 is 11.6 Å². The van der Waals surface area contributed by atoms with Crippen molar-refractivity contribution in [1.29, 1.82) is 0 Å². The molecule has 3 aromatic rings. The minimum Gasteiger partial charge on any atom is -0.486 e. The van der Waals surface area contributed by atoms with Crippen LogP contribution in [-0.2, 0) is 4.79 Å². The van der Waals surface area contributed by atoms with Crippen LogP contribution in [0.25, 0.3) is 0 Å². The summed E-state index contributed by atoms with van der Waals surface area (Å²) in [6, 6.07) is 16.3. The van der Waals surface area contributed by atoms with Gasteiger partial charge in [-0.05, 0) is 67.9 Å². The summed E-state index contributed by atoms with van der Waals surface area (Å²) in [7, 11) is 0. The van der Waals surface area contributed by atoms with Gasteiger partial charge < -0.3 is 10.1 Å². The Kier molecular flexibility index (Phi) is 8.08. The zero-order chi connectivity index (χ0) is 23.9. The maximum absolute atomic E-state index is 13.7. The van der Waals surface area contributed by atoms with Crippen LogP contribution in [0.2, 0.25) is 5.02 Å². The van der Waals surface area contributed by atoms with Gasteiger partial charge in [-0.25, -0.2) is 8.78 Å². The molecule has 1 aromatic heterocycles. The number of hydrogen-bond donors (Lipinski definition) is 1. The lowest BCUT2D eigenvalue weighted by Gasteiger charge is -2.32. The summed E-state index contributed by atoms with van der Waals surface area (Å²) in [5, 5.41) is 3.79. The lowest BCUT2D eigenvalue weighted by molar-refractivity contribution is -0.127. The molecule has 34 heavy (non-hydrogen) atoms. The molecular formula is C26H26ClF2N3O2. The van der Waals surface area contributed by atoms with Gasteiger partial charge in [0.25, 0.3) is 0 Å². The second-order valence-electron chi connectivity index (χ2n) is 8.26. The number of ether oxygens (including phenoxy) is 1. The molecule has 1 saturated heterocycles. The molecule has 0 radical (unpaired) electrons. The van der Waals surface area contributed by atoms with Gasteiger partial charge in [-0.15, -0.1) is 0 Å². The molecular weight excluding hydrogens is 460 g/mol. The van der Waals surface area contributed by atoms with Gasteiger partial charge in [0, 0.05) is 23.7 Å². The number of carbonyl (C=O) groups is 1. The largest absolute Gasteiger partial charge is 0.486 e. The van der Waals surface area contributed by atoms with Gasteiger partial charge in [0.2, 0.25) is 5.91 Å². The van der Waals surface area contributed by atoms with Crippen LogP contribution in [0.1, 0.15) is 30.1 Å². The van der Waals surface area contributed by atoms with Crippen LogP contribution in [0.5, 0.6) is 5.75 Å². The molecule has 178 valence electrons. The van der Waals surface area contributed by atoms with Crippen molar-refractivity contribution < 1.29 is 18.3 Å². The Hall–Kier alpha value is -3.03. The normalized spacial score (nSPS) is 15.6. The van der Waals surface area contributed by atoms with E-state index < -0.39 is 11.6 Å². The average Bonchev–Trinajstić information content (AvgIpc) is 2.86. The summed E-state index contributed by atoms with van der Waals surface area (Å²) in [5.41, 5.74) is 1.67. The SMILES string of the molecule is O=C(NC(c1ccc(Cl)cc1)c1ccccn1)C1CCN(CCOc2c(F)cccc2F)CC1. The molecule has 4 rings (SSSR count). The highest BCUT2D eigenvalue weighted by molar-refractivity contribution is 6.30. The number of benzene rings is 2. The van der Waals surface area contributed by atoms with Gasteiger partial charge in [0.15, 0.2) is 17.4 Å². The van der Waals surface area contributed by atoms with Crippen LogP contribution in [0.15, 0.2) is 66.9 Å². The van der Waals surface area contributed by atoms with E-state index in [1.165, 1.54) is 18.2 Å². The van der Waals surface area contributed by atoms with Crippen LogP contribution in [0.4, 0.5) is 8.78 Å². The van der Waals surface area contributed by atoms with Gasteiger partial charge in [-0.3, -0.25) is 14.7 Å². The fourth-order valence-electron chi connectivity index (χ4n) is 4.11. The van der Waals surface area contributed by atoms with E-state index in [1.54, 1.807) is 18.3 Å². The third-order valence-electron chi connectivity index (χ3n) is 6.00. The first-order chi connectivity index (χ1) is 16.5. The number of carbonyl (C=O) groups excluding carboxylic acids is 1. The Labute approximate surface area is 202 Å². The molecule has 1 aliphatic rings. The Morgan fingerprint density at radius 2 is 1.76 bits per heavy atom. The van der Waals surface area contributed by atoms with Gasteiger partial charge >= 0.3 is 0 Å². The summed E-state index contributed by atoms with van der Waals surface area (Å²) in [6.07, 6.45) is 3.09. The molecule has 0 saturated carbocycles. The Morgan fingerprint density at radius 3 is 2.41 bits per heavy atom. The number of halogens is 3. The van der Waals surface area contributed by atoms with E-state index in [-0.39, 0.29) is 30.2 Å². The number of hydrogen-bond acceptors (Lipinski definition) is 4. The molecule has 0 spiro atoms. The molecule has 0 bridgehead atoms. The molecule has 1 aliphatic heterocycles. The summed E-state index contributed by atoms with van der Waals surface area (Å²) >= 11 is 6.04. The minimum atomic E-state index is -0.710. The van der Waals surface area contributed by atoms with Crippen molar-refractivity contribution in [2.45, 2.75) is 18.9 Å². The standard InChI is InChI=1S/C26H26ClF2N3O2/c27-20-9-7-18(8-10-20)24(23-6-1-2-13-30-23)31-26(33)19-11-14-32(15-12-19)16-17-34-25-21(28)4-3-5-22(25)29/h1-10,13,19,24H,11-12,14-17H2,(H,31,33). The molecule has 8 heteroatoms. The van der Waals surface area contributed by atoms with Gasteiger partial charge in [-0.1, -0.05) is 35.9 Å². The van der Waals surface area contributed by atoms with Crippen LogP contribution in [-0.4, -0.2) is 42.0 Å². The van der Waals surface area contributed by atoms with Crippen molar-refractivity contribution in [1.82, 2.24) is 15.2 Å². The van der Waals surface area contributed by atoms with Gasteiger partial charge in [0.05, 0.1) is 11.7 Å². The summed E-state index contributed by atoms with van der Waals surface area (Å²) in [4.78, 5) is 19.7. The van der Waals surface area contributed by atoms with Crippen LogP contribution in [0.3, 0.4) is 0 Å². The number of nitrogens with zero attached hydrogens (tertiary/aromatic N) is 2. The van der Waals surface area contributed by atoms with E-state index in [2.05, 4.69) is 15.2 Å². The number of nitrogens with one attached hydrogen (secondary N) is 1. The highest BCUT2D eigenvalue weighted by Gasteiger charge is 2.28. The predicted molar refractivity (Wildman–Crippen MR) is 127 cm³/mol. The minimum absolute atomic E-state index is 0.0186. The van der Waals surface area contributed by atoms with Crippen molar-refractivity contribution in [3.05, 3.63) is 94.8 Å². The molecule has 1 unspecified atom stereocenters. The number of piperidine rings is 1. The monoisotopic (exact) mass is 485 g/mol. The lowest BCUT2D eigenvalue weighted by atomic mass is 9.94. The number of rotatable bonds is 8. The van der Waals surface area contributed by atoms with E-state index in [9.17, 15) is 13.6 Å². The molecule has 1 fully saturated rings. The molecule has 1 amide bonds. The fourth-order valence-corrected chi connectivity index (χ4v) is 4.23. The second kappa shape index (κ2) is 11.4. The topological polar surface area (TPSA) is 54.5 Å². The smallest absolute Gasteiger partial charge is 0.224 e. The van der Waals surface area contributed by atoms with Crippen molar-refractivity contribution in [2.75, 3.05) is 26.2 Å². The van der Waals surface area contributed by atoms with Gasteiger partial charge in [0.1, 0.15) is 6.61 Å². The second-order valence-corrected chi connectivity index (χ2v) is 8.70. The molecule has 5 nitrogen and oxygen atoms in total. The quantitative estimate of drug-likeness (QED) is 0.487. The van der Waals surface area contributed by atoms with E-state index in [4.69, 9.17) is 16.3 Å². The number of para-hydroxylation sites is 1. The number of amides is 1. The molecule has 1 N–H and O–H groups in total. The summed E-state index contributed by atoms with van der Waals surface area (Å²) < 4.78 is 32.7. The van der Waals surface area contributed by atoms with Crippen molar-refractivity contribution >= 4 is 17.5 Å². The number of aromatic nitrogens is 1. The molecule has 0 aliphatic carbocycles. The van der Waals surface area contributed by atoms with E-state index in [1.807, 2.05) is 30.3 Å². The average molecular weight is 486 g/mol. The predicted octanol–water partition coefficient (Wildman–Crippen LogP) is 5.01. The Morgan fingerprint density at radius 1 is 1.06 bits per heavy atom. The number of likely N-dealkylation sites (tertiary alicyclic amines) is 1.